The largest absolute Gasteiger partial charge is 0.391 e. The number of benzene rings is 1. The Bertz CT molecular complexity index is 292. The molecule has 0 amide bonds. The highest BCUT2D eigenvalue weighted by Crippen LogP contribution is 2.07. The van der Waals surface area contributed by atoms with Crippen LogP contribution in [0.15, 0.2) is 24.3 Å². The molecule has 0 saturated heterocycles. The molecule has 0 fully saturated rings. The molecular weight excluding hydrogens is 220 g/mol. The van der Waals surface area contributed by atoms with Gasteiger partial charge in [-0.1, -0.05) is 29.5 Å². The van der Waals surface area contributed by atoms with Gasteiger partial charge in [-0.15, -0.1) is 0 Å². The summed E-state index contributed by atoms with van der Waals surface area (Å²) in [6, 6.07) is 8.65. The zero-order valence-electron chi connectivity index (χ0n) is 10.0. The van der Waals surface area contributed by atoms with Gasteiger partial charge in [0.1, 0.15) is 0 Å². The van der Waals surface area contributed by atoms with Crippen molar-refractivity contribution >= 4 is 29.2 Å². The maximum absolute atomic E-state index is 5.82. The first-order valence-electron chi connectivity index (χ1n) is 5.47. The summed E-state index contributed by atoms with van der Waals surface area (Å²) in [4.78, 5) is 0. The summed E-state index contributed by atoms with van der Waals surface area (Å²) in [5.74, 6) is 0. The van der Waals surface area contributed by atoms with Crippen molar-refractivity contribution in [1.82, 2.24) is 0 Å². The highest BCUT2D eigenvalue weighted by atomic mass is 28.4. The van der Waals surface area contributed by atoms with E-state index in [1.54, 1.807) is 0 Å². The summed E-state index contributed by atoms with van der Waals surface area (Å²) in [6.07, 6.45) is 0. The monoisotopic (exact) mass is 240 g/mol. The molecule has 0 aliphatic carbocycles. The lowest BCUT2D eigenvalue weighted by atomic mass is 10.4. The molecule has 0 aliphatic rings. The van der Waals surface area contributed by atoms with Gasteiger partial charge in [-0.05, 0) is 25.6 Å². The lowest BCUT2D eigenvalue weighted by molar-refractivity contribution is 0.202. The van der Waals surface area contributed by atoms with Gasteiger partial charge in [-0.2, -0.15) is 0 Å². The molecule has 0 radical (unpaired) electrons. The molecule has 0 bridgehead atoms. The van der Waals surface area contributed by atoms with Crippen molar-refractivity contribution in [3.8, 4) is 0 Å². The predicted molar refractivity (Wildman–Crippen MR) is 70.5 cm³/mol. The Labute approximate surface area is 96.3 Å². The Hall–Kier alpha value is -0.426. The molecule has 15 heavy (non-hydrogen) atoms. The molecule has 0 aliphatic heterocycles. The molecule has 84 valence electrons. The van der Waals surface area contributed by atoms with Gasteiger partial charge < -0.3 is 8.85 Å². The van der Waals surface area contributed by atoms with E-state index < -0.39 is 8.56 Å². The van der Waals surface area contributed by atoms with Crippen LogP contribution in [0.5, 0.6) is 0 Å². The van der Waals surface area contributed by atoms with Crippen LogP contribution >= 0.6 is 0 Å². The summed E-state index contributed by atoms with van der Waals surface area (Å²) in [7, 11) is -1.04. The van der Waals surface area contributed by atoms with Crippen molar-refractivity contribution in [3.05, 3.63) is 24.3 Å². The average Bonchev–Trinajstić information content (AvgIpc) is 2.19. The van der Waals surface area contributed by atoms with Crippen LogP contribution in [0.2, 0.25) is 6.55 Å². The zero-order chi connectivity index (χ0) is 11.3. The SMILES string of the molecule is CCO[Si](C)(OCC)c1ccc([SiH3])cc1. The number of hydrogen-bond acceptors (Lipinski definition) is 2. The van der Waals surface area contributed by atoms with Crippen LogP contribution in [0.4, 0.5) is 0 Å². The fraction of sp³-hybridized carbons (Fsp3) is 0.455. The van der Waals surface area contributed by atoms with Gasteiger partial charge in [0, 0.05) is 23.5 Å². The van der Waals surface area contributed by atoms with E-state index in [1.165, 1.54) is 10.4 Å². The Kier molecular flexibility index (Phi) is 4.72. The molecule has 0 N–H and O–H groups in total. The molecule has 0 aromatic heterocycles. The second-order valence-electron chi connectivity index (χ2n) is 3.68. The van der Waals surface area contributed by atoms with Crippen LogP contribution in [0.3, 0.4) is 0 Å². The standard InChI is InChI=1S/C11H20O2Si2/c1-4-12-15(3,13-5-2)11-8-6-10(14)7-9-11/h6-9H,4-5H2,1-3,14H3. The summed E-state index contributed by atoms with van der Waals surface area (Å²) in [6.45, 7) is 7.58. The molecule has 1 rings (SSSR count). The van der Waals surface area contributed by atoms with Crippen molar-refractivity contribution in [2.24, 2.45) is 0 Å². The second kappa shape index (κ2) is 5.60. The number of rotatable bonds is 5. The summed E-state index contributed by atoms with van der Waals surface area (Å²) in [5.41, 5.74) is 0. The lowest BCUT2D eigenvalue weighted by Gasteiger charge is -2.26. The molecule has 2 nitrogen and oxygen atoms in total. The number of hydrogen-bond donors (Lipinski definition) is 0. The first-order chi connectivity index (χ1) is 7.12. The lowest BCUT2D eigenvalue weighted by Crippen LogP contribution is -2.51. The van der Waals surface area contributed by atoms with Gasteiger partial charge in [0.2, 0.25) is 0 Å². The van der Waals surface area contributed by atoms with E-state index in [2.05, 4.69) is 30.8 Å². The zero-order valence-corrected chi connectivity index (χ0v) is 13.0. The van der Waals surface area contributed by atoms with Crippen LogP contribution in [0.25, 0.3) is 0 Å². The van der Waals surface area contributed by atoms with Gasteiger partial charge >= 0.3 is 8.56 Å². The normalized spacial score (nSPS) is 11.9. The van der Waals surface area contributed by atoms with Crippen molar-refractivity contribution < 1.29 is 8.85 Å². The van der Waals surface area contributed by atoms with E-state index in [0.29, 0.717) is 13.2 Å². The summed E-state index contributed by atoms with van der Waals surface area (Å²) in [5, 5.41) is 2.63. The Morgan fingerprint density at radius 3 is 1.93 bits per heavy atom. The molecule has 0 heterocycles. The van der Waals surface area contributed by atoms with Crippen LogP contribution in [0, 0.1) is 0 Å². The predicted octanol–water partition coefficient (Wildman–Crippen LogP) is 0.0293. The maximum atomic E-state index is 5.82. The molecule has 0 spiro atoms. The maximum Gasteiger partial charge on any atom is 0.369 e. The fourth-order valence-corrected chi connectivity index (χ4v) is 4.24. The van der Waals surface area contributed by atoms with Gasteiger partial charge in [0.25, 0.3) is 0 Å². The van der Waals surface area contributed by atoms with Crippen molar-refractivity contribution in [2.75, 3.05) is 13.2 Å². The highest BCUT2D eigenvalue weighted by Gasteiger charge is 2.33. The van der Waals surface area contributed by atoms with E-state index in [-0.39, 0.29) is 0 Å². The third kappa shape index (κ3) is 3.27. The topological polar surface area (TPSA) is 18.5 Å². The molecule has 0 saturated carbocycles. The van der Waals surface area contributed by atoms with Gasteiger partial charge in [0.05, 0.1) is 0 Å². The fourth-order valence-electron chi connectivity index (χ4n) is 1.62. The van der Waals surface area contributed by atoms with E-state index in [9.17, 15) is 0 Å². The van der Waals surface area contributed by atoms with Crippen LogP contribution in [0.1, 0.15) is 13.8 Å². The Balaban J connectivity index is 2.92. The molecule has 0 unspecified atom stereocenters. The first kappa shape index (κ1) is 12.6. The van der Waals surface area contributed by atoms with Gasteiger partial charge in [0.15, 0.2) is 0 Å². The molecule has 1 aromatic rings. The van der Waals surface area contributed by atoms with Gasteiger partial charge in [-0.25, -0.2) is 0 Å². The van der Waals surface area contributed by atoms with Crippen LogP contribution in [-0.2, 0) is 8.85 Å². The summed E-state index contributed by atoms with van der Waals surface area (Å²) < 4.78 is 11.6. The minimum atomic E-state index is -2.13. The average molecular weight is 240 g/mol. The van der Waals surface area contributed by atoms with Crippen molar-refractivity contribution in [2.45, 2.75) is 20.4 Å². The third-order valence-electron chi connectivity index (χ3n) is 2.42. The Morgan fingerprint density at radius 1 is 1.07 bits per heavy atom. The smallest absolute Gasteiger partial charge is 0.369 e. The van der Waals surface area contributed by atoms with Crippen LogP contribution < -0.4 is 10.4 Å². The second-order valence-corrected chi connectivity index (χ2v) is 7.88. The first-order valence-corrected chi connectivity index (χ1v) is 8.79. The summed E-state index contributed by atoms with van der Waals surface area (Å²) >= 11 is 0. The molecular formula is C11H20O2Si2. The quantitative estimate of drug-likeness (QED) is 0.676. The van der Waals surface area contributed by atoms with Crippen molar-refractivity contribution in [1.29, 1.82) is 0 Å². The van der Waals surface area contributed by atoms with Crippen LogP contribution in [-0.4, -0.2) is 32.0 Å². The van der Waals surface area contributed by atoms with Gasteiger partial charge in [-0.3, -0.25) is 0 Å². The van der Waals surface area contributed by atoms with E-state index in [1.807, 2.05) is 13.8 Å². The highest BCUT2D eigenvalue weighted by molar-refractivity contribution is 6.80. The minimum Gasteiger partial charge on any atom is -0.391 e. The van der Waals surface area contributed by atoms with E-state index in [0.717, 1.165) is 10.2 Å². The minimum absolute atomic E-state index is 0.714. The van der Waals surface area contributed by atoms with E-state index in [4.69, 9.17) is 8.85 Å². The molecule has 0 atom stereocenters. The molecule has 4 heteroatoms. The van der Waals surface area contributed by atoms with E-state index >= 15 is 0 Å². The third-order valence-corrected chi connectivity index (χ3v) is 6.14. The Morgan fingerprint density at radius 2 is 1.53 bits per heavy atom. The molecule has 1 aromatic carbocycles. The van der Waals surface area contributed by atoms with Crippen molar-refractivity contribution in [3.63, 3.8) is 0 Å².